The van der Waals surface area contributed by atoms with E-state index in [0.29, 0.717) is 30.8 Å². The molecule has 8 nitrogen and oxygen atoms in total. The molecule has 0 unspecified atom stereocenters. The third-order valence-electron chi connectivity index (χ3n) is 6.84. The van der Waals surface area contributed by atoms with Crippen molar-refractivity contribution in [3.8, 4) is 0 Å². The molecule has 1 amide bonds. The van der Waals surface area contributed by atoms with Gasteiger partial charge in [-0.05, 0) is 12.8 Å². The molecular weight excluding hydrogens is 373 g/mol. The van der Waals surface area contributed by atoms with Gasteiger partial charge in [-0.3, -0.25) is 9.48 Å². The van der Waals surface area contributed by atoms with E-state index in [-0.39, 0.29) is 16.7 Å². The number of nitrogens with zero attached hydrogens (tertiary/aromatic N) is 6. The normalized spacial score (nSPS) is 28.7. The van der Waals surface area contributed by atoms with E-state index in [1.807, 2.05) is 16.8 Å². The Labute approximate surface area is 169 Å². The molecule has 9 heteroatoms. The quantitative estimate of drug-likeness (QED) is 0.849. The van der Waals surface area contributed by atoms with Gasteiger partial charge in [-0.2, -0.15) is 10.1 Å². The van der Waals surface area contributed by atoms with Crippen LogP contribution in [0, 0.1) is 22.6 Å². The number of likely N-dealkylation sites (tertiary alicyclic amines) is 1. The molecule has 2 aromatic heterocycles. The Morgan fingerprint density at radius 1 is 1.17 bits per heavy atom. The lowest BCUT2D eigenvalue weighted by atomic mass is 9.71. The Morgan fingerprint density at radius 2 is 1.86 bits per heavy atom. The Kier molecular flexibility index (Phi) is 3.88. The number of aryl methyl sites for hydroxylation is 1. The second-order valence-electron chi connectivity index (χ2n) is 9.34. The van der Waals surface area contributed by atoms with Gasteiger partial charge in [0.2, 0.25) is 11.9 Å². The van der Waals surface area contributed by atoms with Gasteiger partial charge < -0.3 is 15.1 Å². The van der Waals surface area contributed by atoms with Crippen LogP contribution in [-0.2, 0) is 11.8 Å². The number of carbonyl (C=O) groups excluding carboxylic acids is 1. The van der Waals surface area contributed by atoms with Crippen molar-refractivity contribution >= 4 is 23.4 Å². The molecule has 1 aliphatic carbocycles. The smallest absolute Gasteiger partial charge is 0.229 e. The van der Waals surface area contributed by atoms with E-state index in [9.17, 15) is 9.18 Å². The van der Waals surface area contributed by atoms with E-state index in [2.05, 4.69) is 34.2 Å². The van der Waals surface area contributed by atoms with E-state index in [1.54, 1.807) is 17.1 Å². The number of amides is 1. The van der Waals surface area contributed by atoms with Gasteiger partial charge in [-0.1, -0.05) is 13.8 Å². The van der Waals surface area contributed by atoms with Crippen molar-refractivity contribution in [2.45, 2.75) is 26.7 Å². The third kappa shape index (κ3) is 3.03. The maximum atomic E-state index is 14.6. The first kappa shape index (κ1) is 18.3. The van der Waals surface area contributed by atoms with Crippen LogP contribution in [0.25, 0.3) is 0 Å². The molecule has 4 heterocycles. The van der Waals surface area contributed by atoms with Crippen LogP contribution in [-0.4, -0.2) is 56.7 Å². The SMILES string of the molecule is Cn1cc(Nc2ncc(F)c(N3C[C@]4(C)CN(C(=O)C5CC5)C[C@]4(C)C3)n2)cn1. The zero-order valence-electron chi connectivity index (χ0n) is 17.0. The first-order chi connectivity index (χ1) is 13.8. The lowest BCUT2D eigenvalue weighted by Crippen LogP contribution is -2.37. The number of rotatable bonds is 4. The minimum absolute atomic E-state index is 0.0914. The molecule has 0 aromatic carbocycles. The van der Waals surface area contributed by atoms with Crippen molar-refractivity contribution in [2.75, 3.05) is 36.4 Å². The minimum atomic E-state index is -0.431. The van der Waals surface area contributed by atoms with Crippen LogP contribution in [0.5, 0.6) is 0 Å². The number of anilines is 3. The minimum Gasteiger partial charge on any atom is -0.353 e. The van der Waals surface area contributed by atoms with Crippen LogP contribution in [0.4, 0.5) is 21.8 Å². The summed E-state index contributed by atoms with van der Waals surface area (Å²) < 4.78 is 16.3. The predicted molar refractivity (Wildman–Crippen MR) is 106 cm³/mol. The summed E-state index contributed by atoms with van der Waals surface area (Å²) in [5, 5.41) is 7.18. The summed E-state index contributed by atoms with van der Waals surface area (Å²) in [6, 6.07) is 0. The fourth-order valence-electron chi connectivity index (χ4n) is 4.81. The summed E-state index contributed by atoms with van der Waals surface area (Å²) >= 11 is 0. The first-order valence-corrected chi connectivity index (χ1v) is 10.1. The Morgan fingerprint density at radius 3 is 2.45 bits per heavy atom. The molecule has 3 aliphatic rings. The number of hydrogen-bond acceptors (Lipinski definition) is 6. The highest BCUT2D eigenvalue weighted by Gasteiger charge is 2.59. The molecule has 0 radical (unpaired) electrons. The Balaban J connectivity index is 1.36. The second kappa shape index (κ2) is 6.14. The molecule has 2 atom stereocenters. The molecule has 2 aliphatic heterocycles. The fourth-order valence-corrected chi connectivity index (χ4v) is 4.81. The third-order valence-corrected chi connectivity index (χ3v) is 6.84. The summed E-state index contributed by atoms with van der Waals surface area (Å²) in [6.07, 6.45) is 6.73. The summed E-state index contributed by atoms with van der Waals surface area (Å²) in [5.74, 6) is 0.748. The van der Waals surface area contributed by atoms with Crippen molar-refractivity contribution < 1.29 is 9.18 Å². The summed E-state index contributed by atoms with van der Waals surface area (Å²) in [4.78, 5) is 25.1. The predicted octanol–water partition coefficient (Wildman–Crippen LogP) is 2.18. The van der Waals surface area contributed by atoms with Crippen molar-refractivity contribution in [1.82, 2.24) is 24.6 Å². The molecule has 1 saturated carbocycles. The highest BCUT2D eigenvalue weighted by Crippen LogP contribution is 2.53. The first-order valence-electron chi connectivity index (χ1n) is 10.1. The average Bonchev–Trinajstić information content (AvgIpc) is 3.31. The molecule has 154 valence electrons. The number of carbonyl (C=O) groups is 1. The van der Waals surface area contributed by atoms with Crippen LogP contribution < -0.4 is 10.2 Å². The Bertz CT molecular complexity index is 953. The van der Waals surface area contributed by atoms with Crippen LogP contribution in [0.3, 0.4) is 0 Å². The fraction of sp³-hybridized carbons (Fsp3) is 0.600. The number of fused-ring (bicyclic) bond motifs is 1. The van der Waals surface area contributed by atoms with Gasteiger partial charge in [-0.15, -0.1) is 0 Å². The van der Waals surface area contributed by atoms with Crippen molar-refractivity contribution in [2.24, 2.45) is 23.8 Å². The molecule has 1 N–H and O–H groups in total. The molecular formula is C20H26FN7O. The molecule has 3 fully saturated rings. The molecule has 0 spiro atoms. The van der Waals surface area contributed by atoms with E-state index >= 15 is 0 Å². The van der Waals surface area contributed by atoms with Gasteiger partial charge in [0.15, 0.2) is 11.6 Å². The van der Waals surface area contributed by atoms with Gasteiger partial charge in [0, 0.05) is 56.2 Å². The van der Waals surface area contributed by atoms with Crippen molar-refractivity contribution in [1.29, 1.82) is 0 Å². The van der Waals surface area contributed by atoms with E-state index in [0.717, 1.165) is 31.6 Å². The van der Waals surface area contributed by atoms with Crippen LogP contribution in [0.1, 0.15) is 26.7 Å². The van der Waals surface area contributed by atoms with E-state index < -0.39 is 5.82 Å². The van der Waals surface area contributed by atoms with Crippen LogP contribution >= 0.6 is 0 Å². The number of aromatic nitrogens is 4. The lowest BCUT2D eigenvalue weighted by molar-refractivity contribution is -0.132. The maximum Gasteiger partial charge on any atom is 0.229 e. The monoisotopic (exact) mass is 399 g/mol. The maximum absolute atomic E-state index is 14.6. The molecule has 0 bridgehead atoms. The van der Waals surface area contributed by atoms with E-state index in [1.165, 1.54) is 6.20 Å². The largest absolute Gasteiger partial charge is 0.353 e. The van der Waals surface area contributed by atoms with Gasteiger partial charge in [0.05, 0.1) is 18.1 Å². The molecule has 2 saturated heterocycles. The van der Waals surface area contributed by atoms with Gasteiger partial charge in [0.1, 0.15) is 0 Å². The zero-order chi connectivity index (χ0) is 20.4. The molecule has 29 heavy (non-hydrogen) atoms. The van der Waals surface area contributed by atoms with E-state index in [4.69, 9.17) is 0 Å². The summed E-state index contributed by atoms with van der Waals surface area (Å²) in [7, 11) is 1.82. The molecule has 5 rings (SSSR count). The number of halogens is 1. The lowest BCUT2D eigenvalue weighted by Gasteiger charge is -2.29. The number of nitrogens with one attached hydrogen (secondary N) is 1. The molecule has 2 aromatic rings. The highest BCUT2D eigenvalue weighted by molar-refractivity contribution is 5.81. The summed E-state index contributed by atoms with van der Waals surface area (Å²) in [5.41, 5.74) is 0.564. The highest BCUT2D eigenvalue weighted by atomic mass is 19.1. The van der Waals surface area contributed by atoms with Crippen LogP contribution in [0.2, 0.25) is 0 Å². The Hall–Kier alpha value is -2.71. The van der Waals surface area contributed by atoms with Crippen molar-refractivity contribution in [3.63, 3.8) is 0 Å². The van der Waals surface area contributed by atoms with Gasteiger partial charge >= 0.3 is 0 Å². The standard InChI is InChI=1S/C20H26FN7O/c1-19-9-27(10-20(19,2)12-28(11-19)17(29)13-4-5-13)16-15(21)7-22-18(25-16)24-14-6-23-26(3)8-14/h6-8,13H,4-5,9-12H2,1-3H3,(H,22,24,25)/t19-,20+. The van der Waals surface area contributed by atoms with Crippen molar-refractivity contribution in [3.05, 3.63) is 24.4 Å². The average molecular weight is 399 g/mol. The number of hydrogen-bond donors (Lipinski definition) is 1. The summed E-state index contributed by atoms with van der Waals surface area (Å²) in [6.45, 7) is 7.20. The van der Waals surface area contributed by atoms with Gasteiger partial charge in [0.25, 0.3) is 0 Å². The zero-order valence-corrected chi connectivity index (χ0v) is 17.0. The van der Waals surface area contributed by atoms with Crippen LogP contribution in [0.15, 0.2) is 18.6 Å². The second-order valence-corrected chi connectivity index (χ2v) is 9.34. The topological polar surface area (TPSA) is 79.2 Å². The van der Waals surface area contributed by atoms with Gasteiger partial charge in [-0.25, -0.2) is 9.37 Å².